The molecule has 0 bridgehead atoms. The van der Waals surface area contributed by atoms with E-state index in [1.54, 1.807) is 0 Å². The summed E-state index contributed by atoms with van der Waals surface area (Å²) in [7, 11) is 2.09. The summed E-state index contributed by atoms with van der Waals surface area (Å²) < 4.78 is 6.00. The first kappa shape index (κ1) is 13.7. The van der Waals surface area contributed by atoms with E-state index in [9.17, 15) is 0 Å². The van der Waals surface area contributed by atoms with E-state index in [1.807, 2.05) is 0 Å². The van der Waals surface area contributed by atoms with Crippen molar-refractivity contribution < 1.29 is 4.74 Å². The van der Waals surface area contributed by atoms with E-state index < -0.39 is 0 Å². The van der Waals surface area contributed by atoms with Crippen LogP contribution in [0.3, 0.4) is 0 Å². The molecular formula is C14H27N3O. The summed E-state index contributed by atoms with van der Waals surface area (Å²) in [4.78, 5) is 6.67. The molecule has 104 valence electrons. The number of ether oxygens (including phenoxy) is 1. The van der Waals surface area contributed by atoms with Gasteiger partial charge in [-0.3, -0.25) is 4.99 Å². The molecule has 1 saturated heterocycles. The van der Waals surface area contributed by atoms with E-state index in [2.05, 4.69) is 43.0 Å². The van der Waals surface area contributed by atoms with Crippen LogP contribution in [0.5, 0.6) is 0 Å². The Kier molecular flexibility index (Phi) is 4.15. The Bertz CT molecular complexity index is 309. The van der Waals surface area contributed by atoms with Crippen molar-refractivity contribution in [3.63, 3.8) is 0 Å². The zero-order valence-corrected chi connectivity index (χ0v) is 12.2. The fourth-order valence-electron chi connectivity index (χ4n) is 2.96. The summed E-state index contributed by atoms with van der Waals surface area (Å²) in [6.07, 6.45) is 2.79. The fraction of sp³-hybridized carbons (Fsp3) is 0.929. The predicted molar refractivity (Wildman–Crippen MR) is 74.9 cm³/mol. The Morgan fingerprint density at radius 1 is 1.44 bits per heavy atom. The van der Waals surface area contributed by atoms with E-state index in [1.165, 1.54) is 12.8 Å². The molecule has 4 nitrogen and oxygen atoms in total. The number of rotatable bonds is 2. The van der Waals surface area contributed by atoms with Crippen molar-refractivity contribution in [3.8, 4) is 0 Å². The lowest BCUT2D eigenvalue weighted by molar-refractivity contribution is -0.0836. The van der Waals surface area contributed by atoms with Gasteiger partial charge in [0.25, 0.3) is 0 Å². The number of hydrogen-bond donors (Lipinski definition) is 1. The lowest BCUT2D eigenvalue weighted by atomic mass is 9.78. The first-order valence-corrected chi connectivity index (χ1v) is 7.09. The van der Waals surface area contributed by atoms with Gasteiger partial charge in [-0.25, -0.2) is 0 Å². The molecule has 2 aliphatic rings. The van der Waals surface area contributed by atoms with Crippen LogP contribution < -0.4 is 5.32 Å². The van der Waals surface area contributed by atoms with Crippen LogP contribution in [0.2, 0.25) is 0 Å². The second kappa shape index (κ2) is 5.47. The van der Waals surface area contributed by atoms with Crippen LogP contribution in [-0.2, 0) is 4.74 Å². The van der Waals surface area contributed by atoms with Gasteiger partial charge in [0.1, 0.15) is 0 Å². The van der Waals surface area contributed by atoms with Gasteiger partial charge in [-0.05, 0) is 18.3 Å². The highest BCUT2D eigenvalue weighted by atomic mass is 16.5. The Labute approximate surface area is 111 Å². The van der Waals surface area contributed by atoms with Gasteiger partial charge in [-0.2, -0.15) is 0 Å². The van der Waals surface area contributed by atoms with Crippen LogP contribution in [-0.4, -0.2) is 50.3 Å². The zero-order chi connectivity index (χ0) is 13.2. The van der Waals surface area contributed by atoms with E-state index in [4.69, 9.17) is 4.74 Å². The van der Waals surface area contributed by atoms with Crippen LogP contribution in [0.15, 0.2) is 4.99 Å². The van der Waals surface area contributed by atoms with Gasteiger partial charge < -0.3 is 15.0 Å². The second-order valence-electron chi connectivity index (χ2n) is 6.57. The smallest absolute Gasteiger partial charge is 0.193 e. The molecule has 2 unspecified atom stereocenters. The lowest BCUT2D eigenvalue weighted by Crippen LogP contribution is -2.47. The molecule has 2 aliphatic heterocycles. The Hall–Kier alpha value is -0.770. The summed E-state index contributed by atoms with van der Waals surface area (Å²) in [5, 5.41) is 3.50. The minimum Gasteiger partial charge on any atom is -0.377 e. The van der Waals surface area contributed by atoms with Crippen LogP contribution in [0.25, 0.3) is 0 Å². The maximum absolute atomic E-state index is 6.00. The minimum absolute atomic E-state index is 0.218. The molecule has 0 amide bonds. The SMILES string of the molecule is CN1CCN=C1NCC1CCCOC1C(C)(C)C. The molecule has 0 aromatic heterocycles. The average molecular weight is 253 g/mol. The Morgan fingerprint density at radius 2 is 2.22 bits per heavy atom. The highest BCUT2D eigenvalue weighted by molar-refractivity contribution is 5.81. The van der Waals surface area contributed by atoms with Crippen LogP contribution in [0.1, 0.15) is 33.6 Å². The molecule has 1 N–H and O–H groups in total. The van der Waals surface area contributed by atoms with E-state index in [-0.39, 0.29) is 5.41 Å². The van der Waals surface area contributed by atoms with Crippen molar-refractivity contribution >= 4 is 5.96 Å². The van der Waals surface area contributed by atoms with Gasteiger partial charge in [-0.1, -0.05) is 20.8 Å². The van der Waals surface area contributed by atoms with Crippen molar-refractivity contribution in [3.05, 3.63) is 0 Å². The third-order valence-corrected chi connectivity index (χ3v) is 3.88. The summed E-state index contributed by atoms with van der Waals surface area (Å²) in [6, 6.07) is 0. The number of guanidine groups is 1. The second-order valence-corrected chi connectivity index (χ2v) is 6.57. The normalized spacial score (nSPS) is 29.3. The minimum atomic E-state index is 0.218. The Balaban J connectivity index is 1.90. The van der Waals surface area contributed by atoms with Gasteiger partial charge in [0.2, 0.25) is 0 Å². The van der Waals surface area contributed by atoms with Crippen molar-refractivity contribution in [2.24, 2.45) is 16.3 Å². The standard InChI is InChI=1S/C14H27N3O/c1-14(2,3)12-11(6-5-9-18-12)10-16-13-15-7-8-17(13)4/h11-12H,5-10H2,1-4H3,(H,15,16). The van der Waals surface area contributed by atoms with Crippen LogP contribution in [0.4, 0.5) is 0 Å². The molecule has 0 radical (unpaired) electrons. The molecule has 2 atom stereocenters. The molecule has 4 heteroatoms. The zero-order valence-electron chi connectivity index (χ0n) is 12.2. The van der Waals surface area contributed by atoms with Gasteiger partial charge in [0.05, 0.1) is 12.6 Å². The van der Waals surface area contributed by atoms with E-state index in [0.29, 0.717) is 12.0 Å². The fourth-order valence-corrected chi connectivity index (χ4v) is 2.96. The van der Waals surface area contributed by atoms with Crippen LogP contribution >= 0.6 is 0 Å². The molecule has 0 aromatic rings. The third-order valence-electron chi connectivity index (χ3n) is 3.88. The molecule has 0 spiro atoms. The molecule has 2 heterocycles. The number of hydrogen-bond acceptors (Lipinski definition) is 4. The van der Waals surface area contributed by atoms with Crippen molar-refractivity contribution in [1.82, 2.24) is 10.2 Å². The molecular weight excluding hydrogens is 226 g/mol. The van der Waals surface area contributed by atoms with E-state index in [0.717, 1.165) is 32.2 Å². The van der Waals surface area contributed by atoms with Crippen molar-refractivity contribution in [2.45, 2.75) is 39.7 Å². The van der Waals surface area contributed by atoms with Gasteiger partial charge >= 0.3 is 0 Å². The molecule has 0 aliphatic carbocycles. The monoisotopic (exact) mass is 253 g/mol. The number of likely N-dealkylation sites (N-methyl/N-ethyl adjacent to an activating group) is 1. The van der Waals surface area contributed by atoms with E-state index >= 15 is 0 Å². The van der Waals surface area contributed by atoms with Gasteiger partial charge in [-0.15, -0.1) is 0 Å². The number of nitrogens with one attached hydrogen (secondary N) is 1. The van der Waals surface area contributed by atoms with Crippen molar-refractivity contribution in [1.29, 1.82) is 0 Å². The topological polar surface area (TPSA) is 36.9 Å². The first-order chi connectivity index (χ1) is 8.48. The maximum atomic E-state index is 6.00. The highest BCUT2D eigenvalue weighted by Gasteiger charge is 2.35. The maximum Gasteiger partial charge on any atom is 0.193 e. The largest absolute Gasteiger partial charge is 0.377 e. The predicted octanol–water partition coefficient (Wildman–Crippen LogP) is 1.72. The molecule has 2 rings (SSSR count). The molecule has 0 saturated carbocycles. The lowest BCUT2D eigenvalue weighted by Gasteiger charge is -2.40. The number of nitrogens with zero attached hydrogens (tertiary/aromatic N) is 2. The number of aliphatic imine (C=N–C) groups is 1. The summed E-state index contributed by atoms with van der Waals surface area (Å²) in [6.45, 7) is 10.7. The molecule has 1 fully saturated rings. The summed E-state index contributed by atoms with van der Waals surface area (Å²) in [5.41, 5.74) is 0.218. The quantitative estimate of drug-likeness (QED) is 0.814. The third kappa shape index (κ3) is 3.16. The molecule has 0 aromatic carbocycles. The highest BCUT2D eigenvalue weighted by Crippen LogP contribution is 2.33. The van der Waals surface area contributed by atoms with Crippen LogP contribution in [0, 0.1) is 11.3 Å². The Morgan fingerprint density at radius 3 is 2.83 bits per heavy atom. The summed E-state index contributed by atoms with van der Waals surface area (Å²) >= 11 is 0. The first-order valence-electron chi connectivity index (χ1n) is 7.09. The van der Waals surface area contributed by atoms with Crippen molar-refractivity contribution in [2.75, 3.05) is 33.3 Å². The van der Waals surface area contributed by atoms with Gasteiger partial charge in [0, 0.05) is 32.7 Å². The average Bonchev–Trinajstić information content (AvgIpc) is 2.71. The molecule has 18 heavy (non-hydrogen) atoms. The van der Waals surface area contributed by atoms with Gasteiger partial charge in [0.15, 0.2) is 5.96 Å². The summed E-state index contributed by atoms with van der Waals surface area (Å²) in [5.74, 6) is 1.64.